The summed E-state index contributed by atoms with van der Waals surface area (Å²) in [4.78, 5) is 28.6. The van der Waals surface area contributed by atoms with E-state index in [1.165, 1.54) is 11.1 Å². The maximum absolute atomic E-state index is 11.8. The van der Waals surface area contributed by atoms with Crippen molar-refractivity contribution in [2.24, 2.45) is 5.14 Å². The van der Waals surface area contributed by atoms with Gasteiger partial charge in [0.2, 0.25) is 15.9 Å². The monoisotopic (exact) mass is 312 g/mol. The Hall–Kier alpha value is -2.00. The standard InChI is InChI=1S/C12H16N4O4S/c13-21(19,20)10-6-11(17)16(8-10)5-4-15-12(18)9-2-1-3-14-7-9/h1-3,7,10H,4-6,8H2,(H,15,18)(H2,13,19,20). The lowest BCUT2D eigenvalue weighted by atomic mass is 10.3. The van der Waals surface area contributed by atoms with Crippen LogP contribution in [0.1, 0.15) is 16.8 Å². The van der Waals surface area contributed by atoms with Gasteiger partial charge in [0.05, 0.1) is 5.56 Å². The van der Waals surface area contributed by atoms with Gasteiger partial charge in [0.15, 0.2) is 0 Å². The molecule has 8 nitrogen and oxygen atoms in total. The Kier molecular flexibility index (Phi) is 4.53. The number of nitrogens with one attached hydrogen (secondary N) is 1. The molecule has 0 bridgehead atoms. The van der Waals surface area contributed by atoms with Gasteiger partial charge in [0.25, 0.3) is 5.91 Å². The molecular weight excluding hydrogens is 296 g/mol. The predicted octanol–water partition coefficient (Wildman–Crippen LogP) is -1.30. The molecule has 1 aliphatic heterocycles. The molecule has 2 amide bonds. The normalized spacial score (nSPS) is 18.8. The minimum Gasteiger partial charge on any atom is -0.350 e. The number of carbonyl (C=O) groups excluding carboxylic acids is 2. The maximum Gasteiger partial charge on any atom is 0.252 e. The SMILES string of the molecule is NS(=O)(=O)C1CC(=O)N(CCNC(=O)c2cccnc2)C1. The molecule has 1 saturated heterocycles. The first-order chi connectivity index (χ1) is 9.88. The number of carbonyl (C=O) groups is 2. The highest BCUT2D eigenvalue weighted by Gasteiger charge is 2.35. The summed E-state index contributed by atoms with van der Waals surface area (Å²) >= 11 is 0. The second-order valence-electron chi connectivity index (χ2n) is 4.75. The highest BCUT2D eigenvalue weighted by Crippen LogP contribution is 2.15. The Morgan fingerprint density at radius 1 is 1.52 bits per heavy atom. The minimum atomic E-state index is -3.71. The van der Waals surface area contributed by atoms with Crippen LogP contribution in [0.5, 0.6) is 0 Å². The van der Waals surface area contributed by atoms with Crippen LogP contribution in [0.25, 0.3) is 0 Å². The molecule has 114 valence electrons. The summed E-state index contributed by atoms with van der Waals surface area (Å²) in [7, 11) is -3.71. The second kappa shape index (κ2) is 6.19. The fraction of sp³-hybridized carbons (Fsp3) is 0.417. The van der Waals surface area contributed by atoms with Crippen LogP contribution in [-0.4, -0.2) is 55.0 Å². The summed E-state index contributed by atoms with van der Waals surface area (Å²) in [5, 5.41) is 6.82. The molecule has 0 aromatic carbocycles. The quantitative estimate of drug-likeness (QED) is 0.699. The summed E-state index contributed by atoms with van der Waals surface area (Å²) in [5.41, 5.74) is 0.424. The van der Waals surface area contributed by atoms with Crippen LogP contribution in [0.4, 0.5) is 0 Å². The number of hydrogen-bond acceptors (Lipinski definition) is 5. The van der Waals surface area contributed by atoms with Crippen molar-refractivity contribution < 1.29 is 18.0 Å². The van der Waals surface area contributed by atoms with E-state index in [0.717, 1.165) is 0 Å². The number of sulfonamides is 1. The van der Waals surface area contributed by atoms with Gasteiger partial charge >= 0.3 is 0 Å². The Labute approximate surface area is 122 Å². The Balaban J connectivity index is 1.82. The molecule has 0 aliphatic carbocycles. The molecule has 3 N–H and O–H groups in total. The molecule has 1 aromatic heterocycles. The topological polar surface area (TPSA) is 122 Å². The van der Waals surface area contributed by atoms with Crippen molar-refractivity contribution in [3.8, 4) is 0 Å². The summed E-state index contributed by atoms with van der Waals surface area (Å²) in [6.45, 7) is 0.550. The first-order valence-corrected chi connectivity index (χ1v) is 7.96. The molecular formula is C12H16N4O4S. The van der Waals surface area contributed by atoms with Gasteiger partial charge in [-0.1, -0.05) is 0 Å². The number of rotatable bonds is 5. The van der Waals surface area contributed by atoms with Crippen molar-refractivity contribution in [2.75, 3.05) is 19.6 Å². The van der Waals surface area contributed by atoms with Crippen LogP contribution in [0, 0.1) is 0 Å². The van der Waals surface area contributed by atoms with Gasteiger partial charge in [0, 0.05) is 38.4 Å². The van der Waals surface area contributed by atoms with Gasteiger partial charge in [-0.25, -0.2) is 13.6 Å². The van der Waals surface area contributed by atoms with E-state index in [0.29, 0.717) is 5.56 Å². The average Bonchev–Trinajstić information content (AvgIpc) is 2.81. The van der Waals surface area contributed by atoms with Gasteiger partial charge in [-0.3, -0.25) is 14.6 Å². The molecule has 21 heavy (non-hydrogen) atoms. The lowest BCUT2D eigenvalue weighted by Gasteiger charge is -2.16. The van der Waals surface area contributed by atoms with Crippen molar-refractivity contribution >= 4 is 21.8 Å². The van der Waals surface area contributed by atoms with E-state index in [9.17, 15) is 18.0 Å². The van der Waals surface area contributed by atoms with Crippen LogP contribution in [0.15, 0.2) is 24.5 Å². The van der Waals surface area contributed by atoms with E-state index in [-0.39, 0.29) is 37.9 Å². The lowest BCUT2D eigenvalue weighted by molar-refractivity contribution is -0.127. The summed E-state index contributed by atoms with van der Waals surface area (Å²) in [6.07, 6.45) is 2.90. The third-order valence-electron chi connectivity index (χ3n) is 3.23. The Bertz CT molecular complexity index is 632. The molecule has 2 rings (SSSR count). The summed E-state index contributed by atoms with van der Waals surface area (Å²) in [5.74, 6) is -0.567. The largest absolute Gasteiger partial charge is 0.350 e. The number of aromatic nitrogens is 1. The van der Waals surface area contributed by atoms with Crippen molar-refractivity contribution in [1.82, 2.24) is 15.2 Å². The zero-order valence-corrected chi connectivity index (χ0v) is 12.0. The Morgan fingerprint density at radius 2 is 2.29 bits per heavy atom. The van der Waals surface area contributed by atoms with E-state index in [2.05, 4.69) is 10.3 Å². The number of amides is 2. The van der Waals surface area contributed by atoms with E-state index in [1.807, 2.05) is 0 Å². The molecule has 0 radical (unpaired) electrons. The molecule has 1 unspecified atom stereocenters. The zero-order chi connectivity index (χ0) is 15.5. The molecule has 1 aliphatic rings. The van der Waals surface area contributed by atoms with Gasteiger partial charge < -0.3 is 10.2 Å². The number of primary sulfonamides is 1. The number of likely N-dealkylation sites (tertiary alicyclic amines) is 1. The number of nitrogens with zero attached hydrogens (tertiary/aromatic N) is 2. The first-order valence-electron chi connectivity index (χ1n) is 6.35. The van der Waals surface area contributed by atoms with Crippen LogP contribution in [0.3, 0.4) is 0 Å². The third-order valence-corrected chi connectivity index (χ3v) is 4.48. The minimum absolute atomic E-state index is 0.0699. The molecule has 9 heteroatoms. The van der Waals surface area contributed by atoms with Crippen molar-refractivity contribution in [3.63, 3.8) is 0 Å². The predicted molar refractivity (Wildman–Crippen MR) is 74.7 cm³/mol. The fourth-order valence-corrected chi connectivity index (χ4v) is 2.84. The third kappa shape index (κ3) is 3.99. The van der Waals surface area contributed by atoms with Gasteiger partial charge in [-0.2, -0.15) is 0 Å². The van der Waals surface area contributed by atoms with Crippen LogP contribution in [0.2, 0.25) is 0 Å². The van der Waals surface area contributed by atoms with Crippen LogP contribution >= 0.6 is 0 Å². The number of hydrogen-bond donors (Lipinski definition) is 2. The first kappa shape index (κ1) is 15.4. The van der Waals surface area contributed by atoms with E-state index >= 15 is 0 Å². The van der Waals surface area contributed by atoms with Crippen LogP contribution in [-0.2, 0) is 14.8 Å². The van der Waals surface area contributed by atoms with E-state index in [1.54, 1.807) is 18.3 Å². The van der Waals surface area contributed by atoms with Gasteiger partial charge in [0.1, 0.15) is 5.25 Å². The van der Waals surface area contributed by atoms with Crippen molar-refractivity contribution in [2.45, 2.75) is 11.7 Å². The fourth-order valence-electron chi connectivity index (χ4n) is 2.08. The van der Waals surface area contributed by atoms with Crippen molar-refractivity contribution in [3.05, 3.63) is 30.1 Å². The Morgan fingerprint density at radius 3 is 2.86 bits per heavy atom. The summed E-state index contributed by atoms with van der Waals surface area (Å²) < 4.78 is 22.4. The van der Waals surface area contributed by atoms with E-state index in [4.69, 9.17) is 5.14 Å². The second-order valence-corrected chi connectivity index (χ2v) is 6.60. The highest BCUT2D eigenvalue weighted by molar-refractivity contribution is 7.89. The van der Waals surface area contributed by atoms with Crippen LogP contribution < -0.4 is 10.5 Å². The molecule has 1 atom stereocenters. The molecule has 0 spiro atoms. The smallest absolute Gasteiger partial charge is 0.252 e. The number of pyridine rings is 1. The van der Waals surface area contributed by atoms with Crippen molar-refractivity contribution in [1.29, 1.82) is 0 Å². The lowest BCUT2D eigenvalue weighted by Crippen LogP contribution is -2.37. The molecule has 1 fully saturated rings. The van der Waals surface area contributed by atoms with Gasteiger partial charge in [-0.05, 0) is 12.1 Å². The summed E-state index contributed by atoms with van der Waals surface area (Å²) in [6, 6.07) is 3.27. The molecule has 0 saturated carbocycles. The molecule has 1 aromatic rings. The van der Waals surface area contributed by atoms with E-state index < -0.39 is 15.3 Å². The van der Waals surface area contributed by atoms with Gasteiger partial charge in [-0.15, -0.1) is 0 Å². The number of nitrogens with two attached hydrogens (primary N) is 1. The molecule has 2 heterocycles. The average molecular weight is 312 g/mol. The maximum atomic E-state index is 11.8. The highest BCUT2D eigenvalue weighted by atomic mass is 32.2. The zero-order valence-electron chi connectivity index (χ0n) is 11.2.